The number of halogens is 1. The van der Waals surface area contributed by atoms with E-state index < -0.39 is 31.6 Å². The maximum atomic E-state index is 14.6. The zero-order valence-electron chi connectivity index (χ0n) is 19.3. The van der Waals surface area contributed by atoms with E-state index in [1.165, 1.54) is 30.3 Å². The number of primary sulfonamides is 1. The number of hydrogen-bond donors (Lipinski definition) is 1. The lowest BCUT2D eigenvalue weighted by atomic mass is 10.1. The summed E-state index contributed by atoms with van der Waals surface area (Å²) in [5.41, 5.74) is 0.381. The van der Waals surface area contributed by atoms with Crippen molar-refractivity contribution >= 4 is 31.5 Å². The lowest BCUT2D eigenvalue weighted by Crippen LogP contribution is -2.49. The highest BCUT2D eigenvalue weighted by molar-refractivity contribution is 7.90. The highest BCUT2D eigenvalue weighted by Gasteiger charge is 2.28. The summed E-state index contributed by atoms with van der Waals surface area (Å²) >= 11 is 0. The Morgan fingerprint density at radius 1 is 0.971 bits per heavy atom. The van der Waals surface area contributed by atoms with Gasteiger partial charge in [-0.2, -0.15) is 0 Å². The van der Waals surface area contributed by atoms with Gasteiger partial charge in [0.15, 0.2) is 9.84 Å². The van der Waals surface area contributed by atoms with Gasteiger partial charge in [-0.05, 0) is 62.1 Å². The van der Waals surface area contributed by atoms with Gasteiger partial charge in [0.05, 0.1) is 27.1 Å². The van der Waals surface area contributed by atoms with Gasteiger partial charge in [-0.1, -0.05) is 0 Å². The number of nitrogens with two attached hydrogens (primary N) is 1. The van der Waals surface area contributed by atoms with Crippen molar-refractivity contribution in [1.82, 2.24) is 4.90 Å². The van der Waals surface area contributed by atoms with Crippen LogP contribution >= 0.6 is 0 Å². The fraction of sp³-hybridized carbons (Fsp3) is 0.435. The predicted molar refractivity (Wildman–Crippen MR) is 128 cm³/mol. The molecule has 12 heteroatoms. The molecule has 0 spiro atoms. The Labute approximate surface area is 204 Å². The van der Waals surface area contributed by atoms with E-state index in [9.17, 15) is 26.0 Å². The molecule has 9 nitrogen and oxygen atoms in total. The van der Waals surface area contributed by atoms with E-state index in [4.69, 9.17) is 9.88 Å². The third-order valence-electron chi connectivity index (χ3n) is 6.36. The average molecular weight is 526 g/mol. The molecule has 2 fully saturated rings. The van der Waals surface area contributed by atoms with Crippen LogP contribution in [0.4, 0.5) is 10.1 Å². The Hall–Kier alpha value is -2.70. The van der Waals surface area contributed by atoms with Crippen molar-refractivity contribution < 1.29 is 30.8 Å². The maximum absolute atomic E-state index is 14.6. The van der Waals surface area contributed by atoms with Crippen LogP contribution in [0.15, 0.2) is 46.2 Å². The van der Waals surface area contributed by atoms with Gasteiger partial charge in [-0.3, -0.25) is 4.79 Å². The highest BCUT2D eigenvalue weighted by Crippen LogP contribution is 2.30. The van der Waals surface area contributed by atoms with Crippen molar-refractivity contribution in [3.05, 3.63) is 47.8 Å². The molecule has 2 aliphatic rings. The third-order valence-corrected chi connectivity index (χ3v) is 8.38. The number of ether oxygens (including phenoxy) is 1. The first-order chi connectivity index (χ1) is 16.4. The summed E-state index contributed by atoms with van der Waals surface area (Å²) in [4.78, 5) is 16.4. The zero-order chi connectivity index (χ0) is 25.4. The molecular formula is C23H28FN3O6S2. The minimum absolute atomic E-state index is 0.0309. The summed E-state index contributed by atoms with van der Waals surface area (Å²) in [5.74, 6) is -0.726. The number of hydrogen-bond acceptors (Lipinski definition) is 7. The van der Waals surface area contributed by atoms with Crippen molar-refractivity contribution in [2.24, 2.45) is 5.14 Å². The first-order valence-corrected chi connectivity index (χ1v) is 14.7. The van der Waals surface area contributed by atoms with Crippen molar-refractivity contribution in [2.45, 2.75) is 41.6 Å². The molecule has 1 amide bonds. The smallest absolute Gasteiger partial charge is 0.257 e. The Bertz CT molecular complexity index is 1330. The quantitative estimate of drug-likeness (QED) is 0.612. The fourth-order valence-electron chi connectivity index (χ4n) is 4.44. The Kier molecular flexibility index (Phi) is 7.07. The molecule has 2 aromatic rings. The molecule has 0 bridgehead atoms. The summed E-state index contributed by atoms with van der Waals surface area (Å²) in [6.07, 6.45) is 4.79. The molecule has 190 valence electrons. The van der Waals surface area contributed by atoms with Crippen LogP contribution in [0.3, 0.4) is 0 Å². The molecule has 1 heterocycles. The first-order valence-electron chi connectivity index (χ1n) is 11.3. The summed E-state index contributed by atoms with van der Waals surface area (Å²) in [6.45, 7) is 1.15. The van der Waals surface area contributed by atoms with Gasteiger partial charge in [0.1, 0.15) is 11.6 Å². The maximum Gasteiger partial charge on any atom is 0.257 e. The standard InChI is InChI=1S/C23H28FN3O6S2/c1-34(29,30)17-6-8-21(20(24)15-17)26-10-12-27(13-11-26)23(28)19-14-18(35(25,31)32)7-9-22(19)33-16-4-2-3-5-16/h6-9,14-16H,2-5,10-13H2,1H3,(H2,25,31,32). The third kappa shape index (κ3) is 5.76. The van der Waals surface area contributed by atoms with Crippen molar-refractivity contribution in [3.63, 3.8) is 0 Å². The summed E-state index contributed by atoms with van der Waals surface area (Å²) in [5, 5.41) is 5.28. The minimum Gasteiger partial charge on any atom is -0.490 e. The molecule has 1 saturated heterocycles. The number of sulfonamides is 1. The number of rotatable bonds is 6. The van der Waals surface area contributed by atoms with Gasteiger partial charge >= 0.3 is 0 Å². The van der Waals surface area contributed by atoms with E-state index in [1.807, 2.05) is 0 Å². The van der Waals surface area contributed by atoms with E-state index >= 15 is 0 Å². The Morgan fingerprint density at radius 3 is 2.17 bits per heavy atom. The second-order valence-corrected chi connectivity index (χ2v) is 12.5. The minimum atomic E-state index is -4.02. The molecular weight excluding hydrogens is 497 g/mol. The van der Waals surface area contributed by atoms with Crippen molar-refractivity contribution in [1.29, 1.82) is 0 Å². The molecule has 1 aliphatic carbocycles. The van der Waals surface area contributed by atoms with Crippen LogP contribution < -0.4 is 14.8 Å². The van der Waals surface area contributed by atoms with Crippen LogP contribution in [0.2, 0.25) is 0 Å². The second-order valence-electron chi connectivity index (χ2n) is 8.89. The van der Waals surface area contributed by atoms with Crippen LogP contribution in [-0.4, -0.2) is 66.2 Å². The largest absolute Gasteiger partial charge is 0.490 e. The van der Waals surface area contributed by atoms with Crippen LogP contribution in [-0.2, 0) is 19.9 Å². The molecule has 0 atom stereocenters. The van der Waals surface area contributed by atoms with Crippen molar-refractivity contribution in [2.75, 3.05) is 37.3 Å². The van der Waals surface area contributed by atoms with Crippen molar-refractivity contribution in [3.8, 4) is 5.75 Å². The molecule has 35 heavy (non-hydrogen) atoms. The van der Waals surface area contributed by atoms with E-state index in [0.29, 0.717) is 18.8 Å². The average Bonchev–Trinajstić information content (AvgIpc) is 3.31. The van der Waals surface area contributed by atoms with Gasteiger partial charge in [0.2, 0.25) is 10.0 Å². The number of sulfone groups is 1. The van der Waals surface area contributed by atoms with Crippen LogP contribution in [0.1, 0.15) is 36.0 Å². The molecule has 2 N–H and O–H groups in total. The predicted octanol–water partition coefficient (Wildman–Crippen LogP) is 2.16. The lowest BCUT2D eigenvalue weighted by Gasteiger charge is -2.36. The van der Waals surface area contributed by atoms with Gasteiger partial charge in [-0.25, -0.2) is 26.4 Å². The second kappa shape index (κ2) is 9.75. The molecule has 0 radical (unpaired) electrons. The van der Waals surface area contributed by atoms with Gasteiger partial charge in [-0.15, -0.1) is 0 Å². The SMILES string of the molecule is CS(=O)(=O)c1ccc(N2CCN(C(=O)c3cc(S(N)(=O)=O)ccc3OC3CCCC3)CC2)c(F)c1. The van der Waals surface area contributed by atoms with E-state index in [1.54, 1.807) is 9.80 Å². The number of piperazine rings is 1. The molecule has 1 saturated carbocycles. The van der Waals surface area contributed by atoms with Crippen LogP contribution in [0.25, 0.3) is 0 Å². The number of nitrogens with zero attached hydrogens (tertiary/aromatic N) is 2. The molecule has 1 aliphatic heterocycles. The molecule has 0 aromatic heterocycles. The lowest BCUT2D eigenvalue weighted by molar-refractivity contribution is 0.0739. The fourth-order valence-corrected chi connectivity index (χ4v) is 5.61. The van der Waals surface area contributed by atoms with E-state index in [0.717, 1.165) is 38.0 Å². The summed E-state index contributed by atoms with van der Waals surface area (Å²) in [6, 6.07) is 7.83. The highest BCUT2D eigenvalue weighted by atomic mass is 32.2. The number of benzene rings is 2. The molecule has 0 unspecified atom stereocenters. The van der Waals surface area contributed by atoms with Crippen LogP contribution in [0, 0.1) is 5.82 Å². The first kappa shape index (κ1) is 25.4. The number of anilines is 1. The van der Waals surface area contributed by atoms with Gasteiger partial charge in [0, 0.05) is 32.4 Å². The zero-order valence-corrected chi connectivity index (χ0v) is 20.9. The Balaban J connectivity index is 1.52. The summed E-state index contributed by atoms with van der Waals surface area (Å²) < 4.78 is 67.8. The van der Waals surface area contributed by atoms with E-state index in [-0.39, 0.29) is 40.2 Å². The number of carbonyl (C=O) groups excluding carboxylic acids is 1. The van der Waals surface area contributed by atoms with Crippen LogP contribution in [0.5, 0.6) is 5.75 Å². The number of amides is 1. The van der Waals surface area contributed by atoms with E-state index in [2.05, 4.69) is 0 Å². The monoisotopic (exact) mass is 525 g/mol. The normalized spacial score (nSPS) is 17.6. The molecule has 4 rings (SSSR count). The number of carbonyl (C=O) groups is 1. The van der Waals surface area contributed by atoms with Gasteiger partial charge < -0.3 is 14.5 Å². The Morgan fingerprint density at radius 2 is 1.60 bits per heavy atom. The molecule has 2 aromatic carbocycles. The van der Waals surface area contributed by atoms with Gasteiger partial charge in [0.25, 0.3) is 5.91 Å². The summed E-state index contributed by atoms with van der Waals surface area (Å²) in [7, 11) is -7.54. The topological polar surface area (TPSA) is 127 Å².